The Morgan fingerprint density at radius 1 is 1.25 bits per heavy atom. The van der Waals surface area contributed by atoms with Crippen LogP contribution >= 0.6 is 11.6 Å². The molecule has 0 saturated carbocycles. The number of hydrogen-bond acceptors (Lipinski definition) is 2. The molecule has 6 heteroatoms. The first-order valence-electron chi connectivity index (χ1n) is 7.83. The number of nitrogens with one attached hydrogen (secondary N) is 1. The van der Waals surface area contributed by atoms with Crippen LogP contribution < -0.4 is 0 Å². The van der Waals surface area contributed by atoms with E-state index in [4.69, 9.17) is 11.6 Å². The van der Waals surface area contributed by atoms with Crippen LogP contribution in [-0.4, -0.2) is 27.5 Å². The maximum atomic E-state index is 13.7. The number of H-pyrrole nitrogens is 1. The van der Waals surface area contributed by atoms with Crippen molar-refractivity contribution in [3.05, 3.63) is 64.6 Å². The third-order valence-corrected chi connectivity index (χ3v) is 4.77. The van der Waals surface area contributed by atoms with Gasteiger partial charge in [-0.25, -0.2) is 0 Å². The van der Waals surface area contributed by atoms with E-state index in [9.17, 15) is 9.18 Å². The molecule has 4 nitrogen and oxygen atoms in total. The van der Waals surface area contributed by atoms with Crippen molar-refractivity contribution in [2.24, 2.45) is 0 Å². The highest BCUT2D eigenvalue weighted by Gasteiger charge is 2.30. The minimum atomic E-state index is -0.518. The number of rotatable bonds is 2. The largest absolute Gasteiger partial charge is 0.332 e. The molecule has 2 heterocycles. The van der Waals surface area contributed by atoms with Gasteiger partial charge in [-0.2, -0.15) is 9.49 Å². The predicted molar refractivity (Wildman–Crippen MR) is 90.5 cm³/mol. The van der Waals surface area contributed by atoms with Gasteiger partial charge in [-0.15, -0.1) is 0 Å². The van der Waals surface area contributed by atoms with E-state index >= 15 is 0 Å². The zero-order chi connectivity index (χ0) is 16.7. The minimum absolute atomic E-state index is 0.0275. The van der Waals surface area contributed by atoms with E-state index in [0.29, 0.717) is 28.0 Å². The highest BCUT2D eigenvalue weighted by Crippen LogP contribution is 2.34. The summed E-state index contributed by atoms with van der Waals surface area (Å²) in [5.74, 6) is -0.606. The fourth-order valence-electron chi connectivity index (χ4n) is 3.32. The summed E-state index contributed by atoms with van der Waals surface area (Å²) in [4.78, 5) is 14.8. The molecule has 1 amide bonds. The highest BCUT2D eigenvalue weighted by molar-refractivity contribution is 6.30. The monoisotopic (exact) mass is 343 g/mol. The summed E-state index contributed by atoms with van der Waals surface area (Å²) in [6, 6.07) is 12.5. The lowest BCUT2D eigenvalue weighted by Crippen LogP contribution is -2.30. The molecule has 0 bridgehead atoms. The molecule has 1 saturated heterocycles. The van der Waals surface area contributed by atoms with Gasteiger partial charge < -0.3 is 4.90 Å². The number of carbonyl (C=O) groups excluding carboxylic acids is 1. The zero-order valence-corrected chi connectivity index (χ0v) is 13.6. The number of nitrogens with zero attached hydrogens (tertiary/aromatic N) is 2. The average Bonchev–Trinajstić information content (AvgIpc) is 3.22. The molecule has 1 fully saturated rings. The summed E-state index contributed by atoms with van der Waals surface area (Å²) >= 11 is 5.95. The van der Waals surface area contributed by atoms with Crippen LogP contribution in [0.1, 0.15) is 34.8 Å². The average molecular weight is 344 g/mol. The SMILES string of the molecule is O=C(c1ccc2n[nH]c(F)c2c1)N1CCCC1c1ccc(Cl)cc1. The van der Waals surface area contributed by atoms with Crippen molar-refractivity contribution < 1.29 is 9.18 Å². The molecular weight excluding hydrogens is 329 g/mol. The first kappa shape index (κ1) is 15.1. The van der Waals surface area contributed by atoms with Crippen LogP contribution in [0.15, 0.2) is 42.5 Å². The van der Waals surface area contributed by atoms with E-state index < -0.39 is 5.95 Å². The molecule has 1 atom stereocenters. The summed E-state index contributed by atoms with van der Waals surface area (Å²) in [7, 11) is 0. The number of aromatic amines is 1. The molecule has 4 rings (SSSR count). The third-order valence-electron chi connectivity index (χ3n) is 4.52. The summed E-state index contributed by atoms with van der Waals surface area (Å²) in [6.07, 6.45) is 1.86. The van der Waals surface area contributed by atoms with Gasteiger partial charge in [-0.3, -0.25) is 9.89 Å². The summed E-state index contributed by atoms with van der Waals surface area (Å²) in [6.45, 7) is 0.692. The number of halogens is 2. The van der Waals surface area contributed by atoms with Crippen molar-refractivity contribution in [3.63, 3.8) is 0 Å². The van der Waals surface area contributed by atoms with Crippen molar-refractivity contribution in [1.82, 2.24) is 15.1 Å². The molecule has 1 aromatic heterocycles. The van der Waals surface area contributed by atoms with E-state index in [0.717, 1.165) is 18.4 Å². The molecule has 2 aromatic carbocycles. The van der Waals surface area contributed by atoms with Gasteiger partial charge in [0.2, 0.25) is 5.95 Å². The topological polar surface area (TPSA) is 49.0 Å². The highest BCUT2D eigenvalue weighted by atomic mass is 35.5. The van der Waals surface area contributed by atoms with Crippen molar-refractivity contribution in [2.45, 2.75) is 18.9 Å². The van der Waals surface area contributed by atoms with Gasteiger partial charge in [0.15, 0.2) is 0 Å². The van der Waals surface area contributed by atoms with Crippen LogP contribution in [0.5, 0.6) is 0 Å². The Hall–Kier alpha value is -2.40. The number of aromatic nitrogens is 2. The van der Waals surface area contributed by atoms with Gasteiger partial charge in [0, 0.05) is 17.1 Å². The number of amides is 1. The summed E-state index contributed by atoms with van der Waals surface area (Å²) in [5, 5.41) is 7.16. The number of hydrogen-bond donors (Lipinski definition) is 1. The standard InChI is InChI=1S/C18H15ClFN3O/c19-13-6-3-11(4-7-13)16-2-1-9-23(16)18(24)12-5-8-15-14(10-12)17(20)22-21-15/h3-8,10,16H,1-2,9H2,(H,21,22). The smallest absolute Gasteiger partial charge is 0.254 e. The zero-order valence-electron chi connectivity index (χ0n) is 12.8. The Morgan fingerprint density at radius 3 is 2.83 bits per heavy atom. The first-order chi connectivity index (χ1) is 11.6. The van der Waals surface area contributed by atoms with Crippen molar-refractivity contribution in [2.75, 3.05) is 6.54 Å². The van der Waals surface area contributed by atoms with Crippen LogP contribution in [-0.2, 0) is 0 Å². The van der Waals surface area contributed by atoms with Crippen molar-refractivity contribution in [1.29, 1.82) is 0 Å². The summed E-state index contributed by atoms with van der Waals surface area (Å²) in [5.41, 5.74) is 2.06. The molecule has 1 unspecified atom stereocenters. The second-order valence-electron chi connectivity index (χ2n) is 5.98. The van der Waals surface area contributed by atoms with Crippen LogP contribution in [0.2, 0.25) is 5.02 Å². The minimum Gasteiger partial charge on any atom is -0.332 e. The molecule has 0 radical (unpaired) electrons. The van der Waals surface area contributed by atoms with E-state index in [1.165, 1.54) is 0 Å². The van der Waals surface area contributed by atoms with E-state index in [1.54, 1.807) is 18.2 Å². The lowest BCUT2D eigenvalue weighted by molar-refractivity contribution is 0.0736. The molecule has 3 aromatic rings. The third kappa shape index (κ3) is 2.55. The molecule has 0 aliphatic carbocycles. The molecule has 1 N–H and O–H groups in total. The number of benzene rings is 2. The Balaban J connectivity index is 1.66. The molecule has 1 aliphatic heterocycles. The van der Waals surface area contributed by atoms with Gasteiger partial charge in [0.25, 0.3) is 5.91 Å². The quantitative estimate of drug-likeness (QED) is 0.752. The fraction of sp³-hybridized carbons (Fsp3) is 0.222. The van der Waals surface area contributed by atoms with Crippen LogP contribution in [0.4, 0.5) is 4.39 Å². The number of fused-ring (bicyclic) bond motifs is 1. The van der Waals surface area contributed by atoms with E-state index in [-0.39, 0.29) is 11.9 Å². The maximum Gasteiger partial charge on any atom is 0.254 e. The molecule has 0 spiro atoms. The van der Waals surface area contributed by atoms with Crippen molar-refractivity contribution >= 4 is 28.4 Å². The van der Waals surface area contributed by atoms with Gasteiger partial charge in [-0.1, -0.05) is 23.7 Å². The molecule has 24 heavy (non-hydrogen) atoms. The predicted octanol–water partition coefficient (Wildman–Crippen LogP) is 4.33. The Bertz CT molecular complexity index is 906. The lowest BCUT2D eigenvalue weighted by atomic mass is 10.0. The second-order valence-corrected chi connectivity index (χ2v) is 6.41. The van der Waals surface area contributed by atoms with Crippen LogP contribution in [0, 0.1) is 5.95 Å². The van der Waals surface area contributed by atoms with Gasteiger partial charge >= 0.3 is 0 Å². The first-order valence-corrected chi connectivity index (χ1v) is 8.21. The van der Waals surface area contributed by atoms with Crippen molar-refractivity contribution in [3.8, 4) is 0 Å². The molecule has 1 aliphatic rings. The number of carbonyl (C=O) groups is 1. The second kappa shape index (κ2) is 5.91. The fourth-order valence-corrected chi connectivity index (χ4v) is 3.44. The van der Waals surface area contributed by atoms with E-state index in [2.05, 4.69) is 10.2 Å². The Kier molecular flexibility index (Phi) is 3.73. The lowest BCUT2D eigenvalue weighted by Gasteiger charge is -2.25. The number of likely N-dealkylation sites (tertiary alicyclic amines) is 1. The van der Waals surface area contributed by atoms with Gasteiger partial charge in [0.1, 0.15) is 0 Å². The molecular formula is C18H15ClFN3O. The van der Waals surface area contributed by atoms with Gasteiger partial charge in [-0.05, 0) is 48.7 Å². The van der Waals surface area contributed by atoms with Crippen LogP contribution in [0.25, 0.3) is 10.9 Å². The Morgan fingerprint density at radius 2 is 2.04 bits per heavy atom. The van der Waals surface area contributed by atoms with Gasteiger partial charge in [0.05, 0.1) is 16.9 Å². The Labute approximate surface area is 143 Å². The normalized spacial score (nSPS) is 17.6. The van der Waals surface area contributed by atoms with Crippen LogP contribution in [0.3, 0.4) is 0 Å². The summed E-state index contributed by atoms with van der Waals surface area (Å²) < 4.78 is 13.7. The molecule has 122 valence electrons. The van der Waals surface area contributed by atoms with E-state index in [1.807, 2.05) is 29.2 Å². The maximum absolute atomic E-state index is 13.7.